The van der Waals surface area contributed by atoms with Crippen LogP contribution >= 0.6 is 0 Å². The molecule has 0 bridgehead atoms. The summed E-state index contributed by atoms with van der Waals surface area (Å²) in [6.07, 6.45) is 2.22. The summed E-state index contributed by atoms with van der Waals surface area (Å²) in [7, 11) is 0. The number of aromatic nitrogens is 2. The maximum atomic E-state index is 12.4. The van der Waals surface area contributed by atoms with Gasteiger partial charge in [0.05, 0.1) is 12.3 Å². The second-order valence-electron chi connectivity index (χ2n) is 5.81. The Bertz CT molecular complexity index is 622. The van der Waals surface area contributed by atoms with Crippen molar-refractivity contribution >= 4 is 5.91 Å². The highest BCUT2D eigenvalue weighted by Gasteiger charge is 2.17. The fourth-order valence-electron chi connectivity index (χ4n) is 2.55. The third-order valence-electron chi connectivity index (χ3n) is 3.64. The van der Waals surface area contributed by atoms with Crippen LogP contribution in [0, 0.1) is 13.8 Å². The monoisotopic (exact) mass is 315 g/mol. The molecule has 2 aromatic rings. The van der Waals surface area contributed by atoms with Crippen molar-refractivity contribution in [3.8, 4) is 0 Å². The van der Waals surface area contributed by atoms with Crippen molar-refractivity contribution in [2.75, 3.05) is 0 Å². The lowest BCUT2D eigenvalue weighted by Gasteiger charge is -2.17. The molecule has 1 atom stereocenters. The first-order chi connectivity index (χ1) is 11.1. The molecule has 5 nitrogen and oxygen atoms in total. The summed E-state index contributed by atoms with van der Waals surface area (Å²) >= 11 is 0. The maximum Gasteiger partial charge on any atom is 0.248 e. The van der Waals surface area contributed by atoms with Gasteiger partial charge in [0.1, 0.15) is 0 Å². The van der Waals surface area contributed by atoms with Crippen LogP contribution in [-0.4, -0.2) is 21.7 Å². The van der Waals surface area contributed by atoms with Crippen LogP contribution in [0.2, 0.25) is 0 Å². The van der Waals surface area contributed by atoms with Crippen LogP contribution in [0.4, 0.5) is 0 Å². The first-order valence-corrected chi connectivity index (χ1v) is 8.08. The van der Waals surface area contributed by atoms with Crippen LogP contribution in [0.1, 0.15) is 47.9 Å². The predicted octanol–water partition coefficient (Wildman–Crippen LogP) is 3.42. The van der Waals surface area contributed by atoms with E-state index in [2.05, 4.69) is 17.5 Å². The number of carbonyl (C=O) groups excluding carboxylic acids is 1. The summed E-state index contributed by atoms with van der Waals surface area (Å²) < 4.78 is 1.48. The number of benzene rings is 1. The van der Waals surface area contributed by atoms with Gasteiger partial charge >= 0.3 is 0 Å². The van der Waals surface area contributed by atoms with E-state index in [-0.39, 0.29) is 11.9 Å². The molecule has 0 amide bonds. The summed E-state index contributed by atoms with van der Waals surface area (Å²) in [5.41, 5.74) is 5.86. The van der Waals surface area contributed by atoms with E-state index in [0.29, 0.717) is 13.0 Å². The average molecular weight is 315 g/mol. The van der Waals surface area contributed by atoms with E-state index in [1.54, 1.807) is 0 Å². The van der Waals surface area contributed by atoms with Gasteiger partial charge < -0.3 is 0 Å². The van der Waals surface area contributed by atoms with E-state index in [1.807, 2.05) is 50.2 Å². The van der Waals surface area contributed by atoms with Gasteiger partial charge in [0, 0.05) is 18.2 Å². The lowest BCUT2D eigenvalue weighted by Crippen LogP contribution is -2.33. The van der Waals surface area contributed by atoms with Gasteiger partial charge in [0.15, 0.2) is 0 Å². The minimum atomic E-state index is -0.0138. The Kier molecular flexibility index (Phi) is 6.50. The molecule has 1 heterocycles. The molecule has 0 unspecified atom stereocenters. The van der Waals surface area contributed by atoms with Gasteiger partial charge in [-0.1, -0.05) is 43.7 Å². The largest absolute Gasteiger partial charge is 0.297 e. The minimum Gasteiger partial charge on any atom is -0.297 e. The third-order valence-corrected chi connectivity index (χ3v) is 3.64. The Morgan fingerprint density at radius 3 is 2.65 bits per heavy atom. The van der Waals surface area contributed by atoms with Crippen LogP contribution < -0.4 is 5.48 Å². The Morgan fingerprint density at radius 2 is 2.04 bits per heavy atom. The molecule has 5 heteroatoms. The highest BCUT2D eigenvalue weighted by molar-refractivity contribution is 5.79. The van der Waals surface area contributed by atoms with Gasteiger partial charge in [-0.15, -0.1) is 0 Å². The van der Waals surface area contributed by atoms with Crippen molar-refractivity contribution < 1.29 is 9.63 Å². The molecular weight excluding hydrogens is 290 g/mol. The van der Waals surface area contributed by atoms with E-state index in [0.717, 1.165) is 29.8 Å². The van der Waals surface area contributed by atoms with Crippen molar-refractivity contribution in [2.45, 2.75) is 52.7 Å². The first kappa shape index (κ1) is 17.4. The van der Waals surface area contributed by atoms with E-state index < -0.39 is 0 Å². The summed E-state index contributed by atoms with van der Waals surface area (Å²) in [6.45, 7) is 6.36. The van der Waals surface area contributed by atoms with E-state index in [4.69, 9.17) is 4.84 Å². The molecule has 0 radical (unpaired) electrons. The van der Waals surface area contributed by atoms with Crippen LogP contribution in [-0.2, 0) is 11.4 Å². The number of rotatable bonds is 8. The van der Waals surface area contributed by atoms with Gasteiger partial charge in [-0.2, -0.15) is 10.6 Å². The van der Waals surface area contributed by atoms with Gasteiger partial charge in [0.2, 0.25) is 5.91 Å². The molecule has 0 aliphatic rings. The number of nitrogens with one attached hydrogen (secondary N) is 1. The minimum absolute atomic E-state index is 0.00939. The van der Waals surface area contributed by atoms with Crippen molar-refractivity contribution in [2.24, 2.45) is 0 Å². The van der Waals surface area contributed by atoms with Crippen molar-refractivity contribution in [1.82, 2.24) is 15.3 Å². The van der Waals surface area contributed by atoms with Gasteiger partial charge in [-0.05, 0) is 31.9 Å². The fourth-order valence-corrected chi connectivity index (χ4v) is 2.55. The first-order valence-electron chi connectivity index (χ1n) is 8.08. The second-order valence-corrected chi connectivity index (χ2v) is 5.81. The Balaban J connectivity index is 1.88. The second kappa shape index (κ2) is 8.60. The zero-order valence-electron chi connectivity index (χ0n) is 14.1. The molecule has 0 aliphatic heterocycles. The van der Waals surface area contributed by atoms with Gasteiger partial charge in [-0.3, -0.25) is 9.63 Å². The van der Waals surface area contributed by atoms with Crippen molar-refractivity contribution in [1.29, 1.82) is 0 Å². The number of hydroxylamine groups is 1. The Hall–Kier alpha value is -1.98. The molecule has 1 aromatic heterocycles. The normalized spacial score (nSPS) is 12.3. The van der Waals surface area contributed by atoms with E-state index >= 15 is 0 Å². The van der Waals surface area contributed by atoms with Crippen molar-refractivity contribution in [3.63, 3.8) is 0 Å². The third kappa shape index (κ3) is 5.30. The molecule has 1 aromatic carbocycles. The molecule has 0 aliphatic carbocycles. The lowest BCUT2D eigenvalue weighted by atomic mass is 10.1. The van der Waals surface area contributed by atoms with Crippen molar-refractivity contribution in [3.05, 3.63) is 53.3 Å². The molecule has 0 spiro atoms. The summed E-state index contributed by atoms with van der Waals surface area (Å²) in [5, 5.41) is 4.25. The topological polar surface area (TPSA) is 56.2 Å². The number of aryl methyl sites for hydroxylation is 2. The molecule has 124 valence electrons. The molecule has 0 saturated carbocycles. The van der Waals surface area contributed by atoms with Crippen LogP contribution in [0.25, 0.3) is 0 Å². The lowest BCUT2D eigenvalue weighted by molar-refractivity contribution is -0.000390. The van der Waals surface area contributed by atoms with Gasteiger partial charge in [-0.25, -0.2) is 4.68 Å². The molecule has 0 saturated heterocycles. The van der Waals surface area contributed by atoms with E-state index in [1.165, 1.54) is 4.68 Å². The molecule has 0 fully saturated rings. The SMILES string of the molecule is CCC[C@@H](CC(=O)n1nc(C)cc1C)NOCc1ccccc1. The zero-order chi connectivity index (χ0) is 16.7. The standard InChI is InChI=1S/C18H25N3O2/c1-4-8-17(20-23-13-16-9-6-5-7-10-16)12-18(22)21-15(3)11-14(2)19-21/h5-7,9-11,17,20H,4,8,12-13H2,1-3H3/t17-/m0/s1. The summed E-state index contributed by atoms with van der Waals surface area (Å²) in [4.78, 5) is 18.0. The van der Waals surface area contributed by atoms with Crippen LogP contribution in [0.3, 0.4) is 0 Å². The Labute approximate surface area is 137 Å². The van der Waals surface area contributed by atoms with Crippen LogP contribution in [0.5, 0.6) is 0 Å². The highest BCUT2D eigenvalue weighted by Crippen LogP contribution is 2.09. The molecular formula is C18H25N3O2. The molecule has 1 N–H and O–H groups in total. The van der Waals surface area contributed by atoms with E-state index in [9.17, 15) is 4.79 Å². The summed E-state index contributed by atoms with van der Waals surface area (Å²) in [6, 6.07) is 11.9. The molecule has 23 heavy (non-hydrogen) atoms. The maximum absolute atomic E-state index is 12.4. The quantitative estimate of drug-likeness (QED) is 0.758. The number of nitrogens with zero attached hydrogens (tertiary/aromatic N) is 2. The van der Waals surface area contributed by atoms with Crippen LogP contribution in [0.15, 0.2) is 36.4 Å². The number of hydrogen-bond donors (Lipinski definition) is 1. The average Bonchev–Trinajstić information content (AvgIpc) is 2.87. The molecule has 2 rings (SSSR count). The smallest absolute Gasteiger partial charge is 0.248 e. The fraction of sp³-hybridized carbons (Fsp3) is 0.444. The van der Waals surface area contributed by atoms with Gasteiger partial charge in [0.25, 0.3) is 0 Å². The zero-order valence-corrected chi connectivity index (χ0v) is 14.1. The predicted molar refractivity (Wildman–Crippen MR) is 90.0 cm³/mol. The highest BCUT2D eigenvalue weighted by atomic mass is 16.6. The number of hydrogen-bond acceptors (Lipinski definition) is 4. The Morgan fingerprint density at radius 1 is 1.30 bits per heavy atom. The summed E-state index contributed by atoms with van der Waals surface area (Å²) in [5.74, 6) is -0.00939. The number of carbonyl (C=O) groups is 1.